The van der Waals surface area contributed by atoms with E-state index < -0.39 is 0 Å². The van der Waals surface area contributed by atoms with E-state index in [9.17, 15) is 0 Å². The number of methoxy groups -OCH3 is 1. The van der Waals surface area contributed by atoms with Crippen LogP contribution in [0.2, 0.25) is 0 Å². The van der Waals surface area contributed by atoms with Crippen LogP contribution in [0.4, 0.5) is 0 Å². The summed E-state index contributed by atoms with van der Waals surface area (Å²) in [7, 11) is 1.79. The lowest BCUT2D eigenvalue weighted by Crippen LogP contribution is -2.36. The molecule has 1 unspecified atom stereocenters. The largest absolute Gasteiger partial charge is 0.383 e. The van der Waals surface area contributed by atoms with Crippen molar-refractivity contribution in [3.05, 3.63) is 0 Å². The van der Waals surface area contributed by atoms with Crippen LogP contribution in [-0.2, 0) is 9.47 Å². The predicted molar refractivity (Wildman–Crippen MR) is 64.6 cm³/mol. The van der Waals surface area contributed by atoms with E-state index in [0.29, 0.717) is 6.04 Å². The maximum absolute atomic E-state index is 5.60. The molecule has 0 bridgehead atoms. The first-order valence-corrected chi connectivity index (χ1v) is 6.70. The lowest BCUT2D eigenvalue weighted by atomic mass is 10.2. The lowest BCUT2D eigenvalue weighted by molar-refractivity contribution is 0.118. The lowest BCUT2D eigenvalue weighted by Gasteiger charge is -2.17. The SMILES string of the molecule is COCC(NCCCOCC1CC1)C1CC1. The highest BCUT2D eigenvalue weighted by atomic mass is 16.5. The van der Waals surface area contributed by atoms with Crippen LogP contribution < -0.4 is 5.32 Å². The molecule has 94 valence electrons. The third-order valence-electron chi connectivity index (χ3n) is 3.46. The Hall–Kier alpha value is -0.120. The molecule has 0 aliphatic heterocycles. The molecule has 3 nitrogen and oxygen atoms in total. The number of ether oxygens (including phenoxy) is 2. The van der Waals surface area contributed by atoms with Gasteiger partial charge in [-0.2, -0.15) is 0 Å². The molecule has 2 saturated carbocycles. The first kappa shape index (κ1) is 12.3. The van der Waals surface area contributed by atoms with Gasteiger partial charge in [0.15, 0.2) is 0 Å². The summed E-state index contributed by atoms with van der Waals surface area (Å²) in [4.78, 5) is 0. The summed E-state index contributed by atoms with van der Waals surface area (Å²) in [6.45, 7) is 3.82. The molecule has 0 spiro atoms. The second-order valence-corrected chi connectivity index (χ2v) is 5.23. The highest BCUT2D eigenvalue weighted by Gasteiger charge is 2.30. The minimum absolute atomic E-state index is 0.577. The zero-order valence-corrected chi connectivity index (χ0v) is 10.4. The van der Waals surface area contributed by atoms with E-state index in [0.717, 1.165) is 44.6 Å². The summed E-state index contributed by atoms with van der Waals surface area (Å²) >= 11 is 0. The molecule has 2 rings (SSSR count). The first-order valence-electron chi connectivity index (χ1n) is 6.70. The second-order valence-electron chi connectivity index (χ2n) is 5.23. The van der Waals surface area contributed by atoms with Crippen molar-refractivity contribution in [2.45, 2.75) is 38.1 Å². The van der Waals surface area contributed by atoms with Crippen molar-refractivity contribution in [2.24, 2.45) is 11.8 Å². The van der Waals surface area contributed by atoms with E-state index >= 15 is 0 Å². The van der Waals surface area contributed by atoms with Gasteiger partial charge >= 0.3 is 0 Å². The van der Waals surface area contributed by atoms with Crippen LogP contribution in [0.3, 0.4) is 0 Å². The number of rotatable bonds is 10. The summed E-state index contributed by atoms with van der Waals surface area (Å²) in [6, 6.07) is 0.577. The fourth-order valence-corrected chi connectivity index (χ4v) is 2.04. The molecule has 2 fully saturated rings. The van der Waals surface area contributed by atoms with Gasteiger partial charge in [0.05, 0.1) is 6.61 Å². The van der Waals surface area contributed by atoms with Crippen LogP contribution in [0, 0.1) is 11.8 Å². The molecule has 0 aromatic rings. The Morgan fingerprint density at radius 3 is 2.69 bits per heavy atom. The smallest absolute Gasteiger partial charge is 0.0618 e. The van der Waals surface area contributed by atoms with Crippen LogP contribution in [0.25, 0.3) is 0 Å². The van der Waals surface area contributed by atoms with E-state index in [1.807, 2.05) is 0 Å². The van der Waals surface area contributed by atoms with Crippen LogP contribution in [0.15, 0.2) is 0 Å². The zero-order valence-electron chi connectivity index (χ0n) is 10.4. The number of nitrogens with one attached hydrogen (secondary N) is 1. The van der Waals surface area contributed by atoms with Gasteiger partial charge < -0.3 is 14.8 Å². The van der Waals surface area contributed by atoms with Crippen molar-refractivity contribution >= 4 is 0 Å². The van der Waals surface area contributed by atoms with Gasteiger partial charge in [0.2, 0.25) is 0 Å². The average molecular weight is 227 g/mol. The van der Waals surface area contributed by atoms with Crippen LogP contribution >= 0.6 is 0 Å². The van der Waals surface area contributed by atoms with Crippen molar-refractivity contribution in [1.29, 1.82) is 0 Å². The number of hydrogen-bond acceptors (Lipinski definition) is 3. The molecular formula is C13H25NO2. The Kier molecular flexibility index (Phi) is 5.07. The van der Waals surface area contributed by atoms with Gasteiger partial charge in [-0.1, -0.05) is 0 Å². The van der Waals surface area contributed by atoms with E-state index in [2.05, 4.69) is 5.32 Å². The molecule has 0 aromatic heterocycles. The highest BCUT2D eigenvalue weighted by Crippen LogP contribution is 2.32. The average Bonchev–Trinajstić information content (AvgIpc) is 3.16. The highest BCUT2D eigenvalue weighted by molar-refractivity contribution is 4.86. The van der Waals surface area contributed by atoms with Gasteiger partial charge in [-0.05, 0) is 50.5 Å². The Labute approximate surface area is 98.9 Å². The second kappa shape index (κ2) is 6.58. The molecule has 2 aliphatic carbocycles. The monoisotopic (exact) mass is 227 g/mol. The maximum Gasteiger partial charge on any atom is 0.0618 e. The zero-order chi connectivity index (χ0) is 11.2. The van der Waals surface area contributed by atoms with Gasteiger partial charge in [0.25, 0.3) is 0 Å². The summed E-state index contributed by atoms with van der Waals surface area (Å²) in [5, 5.41) is 3.58. The molecule has 3 heteroatoms. The van der Waals surface area contributed by atoms with Crippen molar-refractivity contribution in [3.8, 4) is 0 Å². The third-order valence-corrected chi connectivity index (χ3v) is 3.46. The van der Waals surface area contributed by atoms with E-state index in [1.165, 1.54) is 25.7 Å². The summed E-state index contributed by atoms with van der Waals surface area (Å²) in [5.74, 6) is 1.76. The van der Waals surface area contributed by atoms with Gasteiger partial charge in [-0.3, -0.25) is 0 Å². The van der Waals surface area contributed by atoms with Crippen molar-refractivity contribution in [1.82, 2.24) is 5.32 Å². The van der Waals surface area contributed by atoms with E-state index in [1.54, 1.807) is 7.11 Å². The fraction of sp³-hybridized carbons (Fsp3) is 1.00. The fourth-order valence-electron chi connectivity index (χ4n) is 2.04. The quantitative estimate of drug-likeness (QED) is 0.577. The topological polar surface area (TPSA) is 30.5 Å². The van der Waals surface area contributed by atoms with Crippen molar-refractivity contribution in [2.75, 3.05) is 33.5 Å². The van der Waals surface area contributed by atoms with Gasteiger partial charge in [-0.15, -0.1) is 0 Å². The first-order chi connectivity index (χ1) is 7.90. The Balaban J connectivity index is 1.42. The molecule has 1 atom stereocenters. The van der Waals surface area contributed by atoms with Crippen LogP contribution in [0.5, 0.6) is 0 Å². The molecule has 0 aromatic carbocycles. The minimum atomic E-state index is 0.577. The molecule has 16 heavy (non-hydrogen) atoms. The van der Waals surface area contributed by atoms with E-state index in [-0.39, 0.29) is 0 Å². The van der Waals surface area contributed by atoms with E-state index in [4.69, 9.17) is 9.47 Å². The molecular weight excluding hydrogens is 202 g/mol. The normalized spacial score (nSPS) is 22.3. The molecule has 1 N–H and O–H groups in total. The van der Waals surface area contributed by atoms with Gasteiger partial charge in [-0.25, -0.2) is 0 Å². The van der Waals surface area contributed by atoms with Gasteiger partial charge in [0, 0.05) is 26.4 Å². The Morgan fingerprint density at radius 2 is 2.06 bits per heavy atom. The summed E-state index contributed by atoms with van der Waals surface area (Å²) < 4.78 is 10.8. The molecule has 2 aliphatic rings. The Bertz CT molecular complexity index is 190. The van der Waals surface area contributed by atoms with Crippen LogP contribution in [0.1, 0.15) is 32.1 Å². The molecule has 0 heterocycles. The van der Waals surface area contributed by atoms with Crippen molar-refractivity contribution in [3.63, 3.8) is 0 Å². The molecule has 0 amide bonds. The van der Waals surface area contributed by atoms with Crippen molar-refractivity contribution < 1.29 is 9.47 Å². The maximum atomic E-state index is 5.60. The predicted octanol–water partition coefficient (Wildman–Crippen LogP) is 1.82. The van der Waals surface area contributed by atoms with Crippen LogP contribution in [-0.4, -0.2) is 39.5 Å². The summed E-state index contributed by atoms with van der Waals surface area (Å²) in [6.07, 6.45) is 6.64. The number of hydrogen-bond donors (Lipinski definition) is 1. The summed E-state index contributed by atoms with van der Waals surface area (Å²) in [5.41, 5.74) is 0. The minimum Gasteiger partial charge on any atom is -0.383 e. The standard InChI is InChI=1S/C13H25NO2/c1-15-10-13(12-5-6-12)14-7-2-8-16-9-11-3-4-11/h11-14H,2-10H2,1H3. The molecule has 0 radical (unpaired) electrons. The molecule has 0 saturated heterocycles. The van der Waals surface area contributed by atoms with Gasteiger partial charge in [0.1, 0.15) is 0 Å². The third kappa shape index (κ3) is 4.81. The Morgan fingerprint density at radius 1 is 1.25 bits per heavy atom.